The molecule has 0 saturated carbocycles. The van der Waals surface area contributed by atoms with Crippen molar-refractivity contribution in [3.63, 3.8) is 0 Å². The van der Waals surface area contributed by atoms with Crippen molar-refractivity contribution >= 4 is 33.3 Å². The summed E-state index contributed by atoms with van der Waals surface area (Å²) in [6, 6.07) is 4.81. The number of carbonyl (C=O) groups is 2. The molecule has 1 aromatic carbocycles. The van der Waals surface area contributed by atoms with Crippen LogP contribution in [0.3, 0.4) is 0 Å². The molecule has 148 valence electrons. The van der Waals surface area contributed by atoms with E-state index in [1.54, 1.807) is 29.7 Å². The monoisotopic (exact) mass is 412 g/mol. The number of esters is 1. The van der Waals surface area contributed by atoms with Gasteiger partial charge >= 0.3 is 5.97 Å². The number of fused-ring (bicyclic) bond motifs is 3. The van der Waals surface area contributed by atoms with E-state index in [0.717, 1.165) is 30.0 Å². The molecule has 0 amide bonds. The fraction of sp³-hybridized carbons (Fsp3) is 0.300. The molecule has 0 atom stereocenters. The maximum Gasteiger partial charge on any atom is 0.349 e. The Balaban J connectivity index is 1.36. The molecule has 2 aromatic heterocycles. The number of aromatic nitrogens is 2. The van der Waals surface area contributed by atoms with Crippen molar-refractivity contribution in [1.29, 1.82) is 0 Å². The van der Waals surface area contributed by atoms with E-state index in [1.165, 1.54) is 0 Å². The summed E-state index contributed by atoms with van der Waals surface area (Å²) in [6.45, 7) is 2.07. The molecular formula is C20H16N2O6S. The number of benzene rings is 1. The molecule has 2 aliphatic rings. The van der Waals surface area contributed by atoms with Gasteiger partial charge in [0, 0.05) is 18.5 Å². The van der Waals surface area contributed by atoms with Gasteiger partial charge in [-0.05, 0) is 37.1 Å². The minimum atomic E-state index is -0.635. The summed E-state index contributed by atoms with van der Waals surface area (Å²) < 4.78 is 17.4. The average molecular weight is 412 g/mol. The van der Waals surface area contributed by atoms with Gasteiger partial charge in [0.25, 0.3) is 5.56 Å². The van der Waals surface area contributed by atoms with Crippen LogP contribution in [0.15, 0.2) is 23.0 Å². The fourth-order valence-corrected chi connectivity index (χ4v) is 4.70. The standard InChI is InChI=1S/C20H16N2O6S/c1-10-16-18(21-15-3-2-6-22(15)19(16)24)29-17(10)20(25)26-8-12(23)11-4-5-13-14(7-11)28-9-27-13/h4-5,7H,2-3,6,8-9H2,1H3. The van der Waals surface area contributed by atoms with Crippen LogP contribution in [0.4, 0.5) is 0 Å². The number of Topliss-reactive ketones (excluding diaryl/α,β-unsaturated/α-hetero) is 1. The van der Waals surface area contributed by atoms with Crippen molar-refractivity contribution in [2.75, 3.05) is 13.4 Å². The van der Waals surface area contributed by atoms with E-state index in [1.807, 2.05) is 0 Å². The van der Waals surface area contributed by atoms with E-state index in [0.29, 0.717) is 44.3 Å². The Morgan fingerprint density at radius 3 is 2.97 bits per heavy atom. The minimum absolute atomic E-state index is 0.116. The normalized spacial score (nSPS) is 14.2. The predicted molar refractivity (Wildman–Crippen MR) is 104 cm³/mol. The number of aryl methyl sites for hydroxylation is 2. The van der Waals surface area contributed by atoms with Gasteiger partial charge in [-0.15, -0.1) is 11.3 Å². The summed E-state index contributed by atoms with van der Waals surface area (Å²) in [5, 5.41) is 0.453. The summed E-state index contributed by atoms with van der Waals surface area (Å²) in [4.78, 5) is 43.1. The van der Waals surface area contributed by atoms with Crippen molar-refractivity contribution in [3.05, 3.63) is 50.4 Å². The highest BCUT2D eigenvalue weighted by atomic mass is 32.1. The number of hydrogen-bond donors (Lipinski definition) is 0. The lowest BCUT2D eigenvalue weighted by Gasteiger charge is -2.05. The first-order valence-corrected chi connectivity index (χ1v) is 9.97. The topological polar surface area (TPSA) is 96.7 Å². The summed E-state index contributed by atoms with van der Waals surface area (Å²) in [7, 11) is 0. The van der Waals surface area contributed by atoms with E-state index in [2.05, 4.69) is 4.98 Å². The first-order chi connectivity index (χ1) is 14.0. The molecule has 0 spiro atoms. The van der Waals surface area contributed by atoms with Gasteiger partial charge in [0.15, 0.2) is 23.9 Å². The molecule has 0 unspecified atom stereocenters. The Hall–Kier alpha value is -3.20. The Kier molecular flexibility index (Phi) is 4.13. The highest BCUT2D eigenvalue weighted by Crippen LogP contribution is 2.33. The van der Waals surface area contributed by atoms with Crippen LogP contribution in [0.2, 0.25) is 0 Å². The van der Waals surface area contributed by atoms with Gasteiger partial charge in [-0.2, -0.15) is 0 Å². The number of hydrogen-bond acceptors (Lipinski definition) is 8. The molecule has 5 rings (SSSR count). The SMILES string of the molecule is Cc1c(C(=O)OCC(=O)c2ccc3c(c2)OCO3)sc2nc3n(c(=O)c12)CCC3. The summed E-state index contributed by atoms with van der Waals surface area (Å²) in [5.41, 5.74) is 0.795. The molecule has 0 aliphatic carbocycles. The number of ether oxygens (including phenoxy) is 3. The first-order valence-electron chi connectivity index (χ1n) is 9.15. The molecule has 0 radical (unpaired) electrons. The van der Waals surface area contributed by atoms with E-state index in [-0.39, 0.29) is 18.1 Å². The molecular weight excluding hydrogens is 396 g/mol. The maximum atomic E-state index is 12.7. The third-order valence-electron chi connectivity index (χ3n) is 5.13. The quantitative estimate of drug-likeness (QED) is 0.480. The fourth-order valence-electron chi connectivity index (χ4n) is 3.62. The van der Waals surface area contributed by atoms with Crippen LogP contribution in [-0.4, -0.2) is 34.7 Å². The zero-order chi connectivity index (χ0) is 20.1. The predicted octanol–water partition coefficient (Wildman–Crippen LogP) is 2.48. The zero-order valence-electron chi connectivity index (χ0n) is 15.5. The van der Waals surface area contributed by atoms with Crippen LogP contribution in [0.25, 0.3) is 10.2 Å². The third-order valence-corrected chi connectivity index (χ3v) is 6.29. The van der Waals surface area contributed by atoms with Crippen molar-refractivity contribution in [2.24, 2.45) is 0 Å². The number of ketones is 1. The molecule has 0 fully saturated rings. The smallest absolute Gasteiger partial charge is 0.349 e. The largest absolute Gasteiger partial charge is 0.454 e. The van der Waals surface area contributed by atoms with Crippen LogP contribution in [0.5, 0.6) is 11.5 Å². The first kappa shape index (κ1) is 17.9. The van der Waals surface area contributed by atoms with E-state index >= 15 is 0 Å². The molecule has 4 heterocycles. The molecule has 2 aliphatic heterocycles. The van der Waals surface area contributed by atoms with Gasteiger partial charge in [0.2, 0.25) is 6.79 Å². The maximum absolute atomic E-state index is 12.7. The summed E-state index contributed by atoms with van der Waals surface area (Å²) in [5.74, 6) is 0.825. The molecule has 8 nitrogen and oxygen atoms in total. The summed E-state index contributed by atoms with van der Waals surface area (Å²) in [6.07, 6.45) is 1.65. The molecule has 3 aromatic rings. The Morgan fingerprint density at radius 1 is 1.28 bits per heavy atom. The summed E-state index contributed by atoms with van der Waals surface area (Å²) >= 11 is 1.13. The third kappa shape index (κ3) is 2.89. The number of carbonyl (C=O) groups excluding carboxylic acids is 2. The van der Waals surface area contributed by atoms with Crippen LogP contribution in [-0.2, 0) is 17.7 Å². The van der Waals surface area contributed by atoms with Gasteiger partial charge in [-0.1, -0.05) is 0 Å². The lowest BCUT2D eigenvalue weighted by molar-refractivity contribution is 0.0479. The molecule has 29 heavy (non-hydrogen) atoms. The van der Waals surface area contributed by atoms with Crippen LogP contribution < -0.4 is 15.0 Å². The molecule has 0 bridgehead atoms. The van der Waals surface area contributed by atoms with Gasteiger partial charge in [0.05, 0.1) is 5.39 Å². The lowest BCUT2D eigenvalue weighted by Crippen LogP contribution is -2.20. The van der Waals surface area contributed by atoms with Crippen LogP contribution in [0.1, 0.15) is 37.8 Å². The van der Waals surface area contributed by atoms with Gasteiger partial charge < -0.3 is 14.2 Å². The van der Waals surface area contributed by atoms with Crippen molar-refractivity contribution in [2.45, 2.75) is 26.3 Å². The van der Waals surface area contributed by atoms with Gasteiger partial charge in [0.1, 0.15) is 15.5 Å². The number of thiophene rings is 1. The van der Waals surface area contributed by atoms with Crippen molar-refractivity contribution in [3.8, 4) is 11.5 Å². The number of rotatable bonds is 4. The number of nitrogens with zero attached hydrogens (tertiary/aromatic N) is 2. The Labute approximate surface area is 168 Å². The molecule has 0 N–H and O–H groups in total. The molecule has 9 heteroatoms. The van der Waals surface area contributed by atoms with E-state index in [9.17, 15) is 14.4 Å². The average Bonchev–Trinajstić information content (AvgIpc) is 3.44. The molecule has 0 saturated heterocycles. The van der Waals surface area contributed by atoms with Gasteiger partial charge in [-0.25, -0.2) is 9.78 Å². The highest BCUT2D eigenvalue weighted by Gasteiger charge is 2.25. The van der Waals surface area contributed by atoms with E-state index in [4.69, 9.17) is 14.2 Å². The van der Waals surface area contributed by atoms with Gasteiger partial charge in [-0.3, -0.25) is 14.2 Å². The second kappa shape index (κ2) is 6.70. The van der Waals surface area contributed by atoms with Crippen molar-refractivity contribution < 1.29 is 23.8 Å². The van der Waals surface area contributed by atoms with Crippen LogP contribution in [0, 0.1) is 6.92 Å². The van der Waals surface area contributed by atoms with E-state index < -0.39 is 12.6 Å². The Morgan fingerprint density at radius 2 is 2.10 bits per heavy atom. The second-order valence-corrected chi connectivity index (χ2v) is 7.89. The lowest BCUT2D eigenvalue weighted by atomic mass is 10.1. The highest BCUT2D eigenvalue weighted by molar-refractivity contribution is 7.20. The Bertz CT molecular complexity index is 1240. The van der Waals surface area contributed by atoms with Crippen molar-refractivity contribution in [1.82, 2.24) is 9.55 Å². The zero-order valence-corrected chi connectivity index (χ0v) is 16.3. The van der Waals surface area contributed by atoms with Crippen LogP contribution >= 0.6 is 11.3 Å². The second-order valence-electron chi connectivity index (χ2n) is 6.89. The minimum Gasteiger partial charge on any atom is -0.454 e.